The average molecular weight is 306 g/mol. The Bertz CT molecular complexity index is 343. The molecule has 0 bridgehead atoms. The van der Waals surface area contributed by atoms with Crippen molar-refractivity contribution in [1.82, 2.24) is 10.4 Å². The normalized spacial score (nSPS) is 20.0. The van der Waals surface area contributed by atoms with E-state index in [9.17, 15) is 31.1 Å². The van der Waals surface area contributed by atoms with Crippen molar-refractivity contribution in [3.05, 3.63) is 0 Å². The van der Waals surface area contributed by atoms with E-state index in [1.54, 1.807) is 5.43 Å². The van der Waals surface area contributed by atoms with Crippen LogP contribution in [0.1, 0.15) is 26.7 Å². The third-order valence-electron chi connectivity index (χ3n) is 3.63. The molecule has 0 aliphatic carbocycles. The molecule has 1 aliphatic rings. The summed E-state index contributed by atoms with van der Waals surface area (Å²) in [6, 6.07) is 0. The molecular weight excluding hydrogens is 290 g/mol. The zero-order valence-electron chi connectivity index (χ0n) is 11.0. The number of alkyl halides is 6. The monoisotopic (exact) mass is 306 g/mol. The predicted molar refractivity (Wildman–Crippen MR) is 58.3 cm³/mol. The maximum atomic E-state index is 12.7. The van der Waals surface area contributed by atoms with Gasteiger partial charge in [-0.25, -0.2) is 5.01 Å². The second-order valence-electron chi connectivity index (χ2n) is 5.23. The topological polar surface area (TPSA) is 32.3 Å². The van der Waals surface area contributed by atoms with E-state index in [0.717, 1.165) is 5.01 Å². The smallest absolute Gasteiger partial charge is 0.288 e. The van der Waals surface area contributed by atoms with Gasteiger partial charge in [0.25, 0.3) is 5.91 Å². The number of nitrogens with one attached hydrogen (secondary N) is 1. The van der Waals surface area contributed by atoms with E-state index in [1.807, 2.05) is 6.92 Å². The van der Waals surface area contributed by atoms with Gasteiger partial charge in [0.2, 0.25) is 5.41 Å². The van der Waals surface area contributed by atoms with Crippen LogP contribution in [0.25, 0.3) is 0 Å². The Balaban J connectivity index is 2.86. The SMILES string of the molecule is CC1CCN(NC(=O)C(C)(C(F)(F)F)C(F)(F)F)CC1. The summed E-state index contributed by atoms with van der Waals surface area (Å²) in [4.78, 5) is 11.5. The first-order valence-corrected chi connectivity index (χ1v) is 6.09. The lowest BCUT2D eigenvalue weighted by atomic mass is 9.88. The molecule has 9 heteroatoms. The number of rotatable bonds is 2. The van der Waals surface area contributed by atoms with Crippen LogP contribution in [0, 0.1) is 11.3 Å². The van der Waals surface area contributed by atoms with E-state index in [1.165, 1.54) is 0 Å². The van der Waals surface area contributed by atoms with Crippen LogP contribution < -0.4 is 5.43 Å². The molecule has 20 heavy (non-hydrogen) atoms. The highest BCUT2D eigenvalue weighted by Gasteiger charge is 2.72. The lowest BCUT2D eigenvalue weighted by Crippen LogP contribution is -2.61. The molecule has 1 aliphatic heterocycles. The van der Waals surface area contributed by atoms with Crippen LogP contribution in [0.15, 0.2) is 0 Å². The summed E-state index contributed by atoms with van der Waals surface area (Å²) in [6.45, 7) is 2.25. The fourth-order valence-corrected chi connectivity index (χ4v) is 1.79. The van der Waals surface area contributed by atoms with Crippen molar-refractivity contribution in [2.45, 2.75) is 39.0 Å². The minimum Gasteiger partial charge on any atom is -0.288 e. The van der Waals surface area contributed by atoms with E-state index in [2.05, 4.69) is 0 Å². The van der Waals surface area contributed by atoms with Crippen LogP contribution in [0.4, 0.5) is 26.3 Å². The molecular formula is C11H16F6N2O. The second-order valence-corrected chi connectivity index (χ2v) is 5.23. The molecule has 0 aromatic carbocycles. The third-order valence-corrected chi connectivity index (χ3v) is 3.63. The Labute approximate surface area is 112 Å². The number of halogens is 6. The molecule has 1 fully saturated rings. The maximum Gasteiger partial charge on any atom is 0.411 e. The maximum absolute atomic E-state index is 12.7. The van der Waals surface area contributed by atoms with Gasteiger partial charge in [0, 0.05) is 13.1 Å². The minimum atomic E-state index is -5.71. The Kier molecular flexibility index (Phi) is 4.62. The summed E-state index contributed by atoms with van der Waals surface area (Å²) < 4.78 is 76.0. The number of carbonyl (C=O) groups is 1. The van der Waals surface area contributed by atoms with Gasteiger partial charge in [-0.05, 0) is 25.7 Å². The second kappa shape index (κ2) is 5.42. The van der Waals surface area contributed by atoms with Crippen LogP contribution >= 0.6 is 0 Å². The first-order valence-electron chi connectivity index (χ1n) is 6.09. The molecule has 1 saturated heterocycles. The predicted octanol–water partition coefficient (Wildman–Crippen LogP) is 2.88. The molecule has 0 spiro atoms. The van der Waals surface area contributed by atoms with Gasteiger partial charge >= 0.3 is 12.4 Å². The number of hydrazine groups is 1. The molecule has 1 rings (SSSR count). The summed E-state index contributed by atoms with van der Waals surface area (Å²) >= 11 is 0. The number of amides is 1. The standard InChI is InChI=1S/C11H16F6N2O/c1-7-3-5-19(6-4-7)18-8(20)9(2,10(12,13)14)11(15,16)17/h7H,3-6H2,1-2H3,(H,18,20). The van der Waals surface area contributed by atoms with Crippen molar-refractivity contribution >= 4 is 5.91 Å². The Morgan fingerprint density at radius 1 is 1.05 bits per heavy atom. The summed E-state index contributed by atoms with van der Waals surface area (Å²) in [5.41, 5.74) is -2.67. The Hall–Kier alpha value is -0.990. The number of hydrogen-bond donors (Lipinski definition) is 1. The molecule has 1 heterocycles. The number of hydrogen-bond acceptors (Lipinski definition) is 2. The highest BCUT2D eigenvalue weighted by Crippen LogP contribution is 2.50. The van der Waals surface area contributed by atoms with E-state index >= 15 is 0 Å². The van der Waals surface area contributed by atoms with Crippen molar-refractivity contribution < 1.29 is 31.1 Å². The summed E-state index contributed by atoms with van der Waals surface area (Å²) in [5, 5.41) is 1.11. The summed E-state index contributed by atoms with van der Waals surface area (Å²) in [5.74, 6) is -1.76. The molecule has 0 saturated carbocycles. The van der Waals surface area contributed by atoms with Gasteiger partial charge < -0.3 is 0 Å². The highest BCUT2D eigenvalue weighted by molar-refractivity contribution is 5.83. The fraction of sp³-hybridized carbons (Fsp3) is 0.909. The Morgan fingerprint density at radius 2 is 1.45 bits per heavy atom. The van der Waals surface area contributed by atoms with Crippen molar-refractivity contribution in [3.8, 4) is 0 Å². The van der Waals surface area contributed by atoms with Gasteiger partial charge in [-0.2, -0.15) is 26.3 Å². The zero-order chi connectivity index (χ0) is 15.8. The molecule has 0 atom stereocenters. The largest absolute Gasteiger partial charge is 0.411 e. The molecule has 1 amide bonds. The van der Waals surface area contributed by atoms with Gasteiger partial charge in [0.15, 0.2) is 0 Å². The molecule has 3 nitrogen and oxygen atoms in total. The van der Waals surface area contributed by atoms with Gasteiger partial charge in [-0.15, -0.1) is 0 Å². The van der Waals surface area contributed by atoms with E-state index in [-0.39, 0.29) is 20.0 Å². The third kappa shape index (κ3) is 3.18. The van der Waals surface area contributed by atoms with E-state index in [4.69, 9.17) is 0 Å². The van der Waals surface area contributed by atoms with Gasteiger partial charge in [-0.1, -0.05) is 6.92 Å². The number of piperidine rings is 1. The van der Waals surface area contributed by atoms with Crippen molar-refractivity contribution in [2.75, 3.05) is 13.1 Å². The van der Waals surface area contributed by atoms with Gasteiger partial charge in [0.1, 0.15) is 0 Å². The molecule has 1 N–H and O–H groups in total. The fourth-order valence-electron chi connectivity index (χ4n) is 1.79. The molecule has 0 radical (unpaired) electrons. The van der Waals surface area contributed by atoms with E-state index < -0.39 is 23.7 Å². The lowest BCUT2D eigenvalue weighted by molar-refractivity contribution is -0.320. The van der Waals surface area contributed by atoms with Crippen LogP contribution in [0.2, 0.25) is 0 Å². The zero-order valence-corrected chi connectivity index (χ0v) is 11.0. The molecule has 0 unspecified atom stereocenters. The van der Waals surface area contributed by atoms with Crippen LogP contribution in [0.3, 0.4) is 0 Å². The van der Waals surface area contributed by atoms with Crippen LogP contribution in [-0.2, 0) is 4.79 Å². The van der Waals surface area contributed by atoms with Crippen molar-refractivity contribution in [1.29, 1.82) is 0 Å². The minimum absolute atomic E-state index is 0.144. The number of nitrogens with zero attached hydrogens (tertiary/aromatic N) is 1. The van der Waals surface area contributed by atoms with Crippen LogP contribution in [-0.4, -0.2) is 36.4 Å². The molecule has 118 valence electrons. The first-order chi connectivity index (χ1) is 8.89. The summed E-state index contributed by atoms with van der Waals surface area (Å²) in [7, 11) is 0. The quantitative estimate of drug-likeness (QED) is 0.796. The van der Waals surface area contributed by atoms with Gasteiger partial charge in [-0.3, -0.25) is 10.2 Å². The average Bonchev–Trinajstić information content (AvgIpc) is 2.28. The van der Waals surface area contributed by atoms with Crippen molar-refractivity contribution in [2.24, 2.45) is 11.3 Å². The lowest BCUT2D eigenvalue weighted by Gasteiger charge is -2.36. The van der Waals surface area contributed by atoms with E-state index in [0.29, 0.717) is 18.8 Å². The van der Waals surface area contributed by atoms with Crippen molar-refractivity contribution in [3.63, 3.8) is 0 Å². The summed E-state index contributed by atoms with van der Waals surface area (Å²) in [6.07, 6.45) is -10.2. The first kappa shape index (κ1) is 17.1. The molecule has 0 aromatic heterocycles. The molecule has 0 aromatic rings. The van der Waals surface area contributed by atoms with Crippen LogP contribution in [0.5, 0.6) is 0 Å². The number of carbonyl (C=O) groups excluding carboxylic acids is 1. The highest BCUT2D eigenvalue weighted by atomic mass is 19.4. The van der Waals surface area contributed by atoms with Gasteiger partial charge in [0.05, 0.1) is 0 Å². The Morgan fingerprint density at radius 3 is 1.80 bits per heavy atom.